The van der Waals surface area contributed by atoms with Crippen LogP contribution in [0.25, 0.3) is 0 Å². The molecule has 0 saturated carbocycles. The van der Waals surface area contributed by atoms with Crippen molar-refractivity contribution in [2.45, 2.75) is 40.7 Å². The highest BCUT2D eigenvalue weighted by molar-refractivity contribution is 5.51. The molecule has 1 aromatic carbocycles. The standard InChI is InChI=1S/C24H30N2O3.C4H10/c1-7-29-24-9-8-19(28-6)13-20(24)23-14-22-17(3)12-16(2)21(18(4)27)15-25-10-11-26(22,23)5;1-4(2)3/h8-9,12-15,23,25H,2,4,7,10-11H2,1,3,5-6H3;4H,1-3H3/p+1/b17-12+,21-15+;. The summed E-state index contributed by atoms with van der Waals surface area (Å²) in [5, 5.41) is 13.2. The molecule has 1 aromatic rings. The van der Waals surface area contributed by atoms with Gasteiger partial charge in [0, 0.05) is 23.4 Å². The fourth-order valence-electron chi connectivity index (χ4n) is 4.16. The Bertz CT molecular complexity index is 969. The van der Waals surface area contributed by atoms with Crippen LogP contribution < -0.4 is 14.8 Å². The summed E-state index contributed by atoms with van der Waals surface area (Å²) >= 11 is 0. The van der Waals surface area contributed by atoms with Gasteiger partial charge in [-0.05, 0) is 49.6 Å². The number of aliphatic hydroxyl groups is 1. The molecular formula is C28H41N2O3+. The number of hydrogen-bond donors (Lipinski definition) is 2. The summed E-state index contributed by atoms with van der Waals surface area (Å²) in [6.45, 7) is 20.6. The minimum atomic E-state index is 0.0163. The first-order chi connectivity index (χ1) is 15.5. The molecule has 3 rings (SSSR count). The Morgan fingerprint density at radius 2 is 1.97 bits per heavy atom. The van der Waals surface area contributed by atoms with E-state index in [1.807, 2.05) is 25.1 Å². The van der Waals surface area contributed by atoms with Crippen molar-refractivity contribution in [1.82, 2.24) is 5.32 Å². The van der Waals surface area contributed by atoms with E-state index in [1.165, 1.54) is 5.70 Å². The largest absolute Gasteiger partial charge is 0.508 e. The van der Waals surface area contributed by atoms with E-state index >= 15 is 0 Å². The van der Waals surface area contributed by atoms with E-state index in [9.17, 15) is 5.11 Å². The van der Waals surface area contributed by atoms with Crippen LogP contribution in [0.1, 0.15) is 46.2 Å². The zero-order valence-electron chi connectivity index (χ0n) is 21.4. The third kappa shape index (κ3) is 6.11. The maximum absolute atomic E-state index is 9.88. The van der Waals surface area contributed by atoms with Gasteiger partial charge in [0.05, 0.1) is 32.9 Å². The summed E-state index contributed by atoms with van der Waals surface area (Å²) in [5.41, 5.74) is 4.86. The zero-order valence-corrected chi connectivity index (χ0v) is 21.4. The SMILES string of the molecule is C=C(O)/C1=C/NCC[N+]2(C)C(=CC2c2cc(OC)ccc2OCC)/C(C)=C/C1=C.CC(C)C. The molecule has 0 bridgehead atoms. The lowest BCUT2D eigenvalue weighted by molar-refractivity contribution is -0.912. The van der Waals surface area contributed by atoms with Crippen LogP contribution in [0.2, 0.25) is 0 Å². The van der Waals surface area contributed by atoms with Crippen LogP contribution in [-0.2, 0) is 0 Å². The summed E-state index contributed by atoms with van der Waals surface area (Å²) in [6.07, 6.45) is 6.09. The smallest absolute Gasteiger partial charge is 0.148 e. The van der Waals surface area contributed by atoms with Gasteiger partial charge in [-0.25, -0.2) is 0 Å². The lowest BCUT2D eigenvalue weighted by Gasteiger charge is -2.49. The number of allylic oxidation sites excluding steroid dienone is 3. The molecule has 5 nitrogen and oxygen atoms in total. The molecular weight excluding hydrogens is 412 g/mol. The van der Waals surface area contributed by atoms with Gasteiger partial charge >= 0.3 is 0 Å². The molecule has 2 unspecified atom stereocenters. The Kier molecular flexibility index (Phi) is 9.00. The molecule has 2 heterocycles. The molecule has 33 heavy (non-hydrogen) atoms. The third-order valence-electron chi connectivity index (χ3n) is 5.73. The lowest BCUT2D eigenvalue weighted by Crippen LogP contribution is -2.55. The number of likely N-dealkylation sites (N-methyl/N-ethyl adjacent to an activating group) is 1. The molecule has 0 radical (unpaired) electrons. The first-order valence-corrected chi connectivity index (χ1v) is 11.6. The normalized spacial score (nSPS) is 25.4. The fraction of sp³-hybridized carbons (Fsp3) is 0.429. The quantitative estimate of drug-likeness (QED) is 0.411. The van der Waals surface area contributed by atoms with Crippen molar-refractivity contribution in [3.05, 3.63) is 83.4 Å². The molecule has 2 aliphatic heterocycles. The van der Waals surface area contributed by atoms with Crippen LogP contribution in [0, 0.1) is 5.92 Å². The summed E-state index contributed by atoms with van der Waals surface area (Å²) in [5.74, 6) is 2.57. The Labute approximate surface area is 200 Å². The van der Waals surface area contributed by atoms with Gasteiger partial charge in [0.1, 0.15) is 35.5 Å². The monoisotopic (exact) mass is 453 g/mol. The summed E-state index contributed by atoms with van der Waals surface area (Å²) < 4.78 is 12.1. The van der Waals surface area contributed by atoms with Gasteiger partial charge in [0.2, 0.25) is 0 Å². The number of aliphatic hydroxyl groups excluding tert-OH is 1. The molecule has 0 aromatic heterocycles. The van der Waals surface area contributed by atoms with Crippen molar-refractivity contribution in [3.8, 4) is 11.5 Å². The first-order valence-electron chi connectivity index (χ1n) is 11.6. The minimum absolute atomic E-state index is 0.0163. The number of nitrogens with zero attached hydrogens (tertiary/aromatic N) is 1. The number of methoxy groups -OCH3 is 1. The molecule has 0 aliphatic carbocycles. The second-order valence-electron chi connectivity index (χ2n) is 9.37. The number of hydrogen-bond acceptors (Lipinski definition) is 4. The van der Waals surface area contributed by atoms with E-state index in [2.05, 4.69) is 65.4 Å². The average molecular weight is 454 g/mol. The molecule has 0 fully saturated rings. The molecule has 0 saturated heterocycles. The van der Waals surface area contributed by atoms with Gasteiger partial charge in [0.15, 0.2) is 0 Å². The lowest BCUT2D eigenvalue weighted by atomic mass is 9.88. The predicted molar refractivity (Wildman–Crippen MR) is 137 cm³/mol. The Morgan fingerprint density at radius 3 is 2.55 bits per heavy atom. The number of ether oxygens (including phenoxy) is 2. The highest BCUT2D eigenvalue weighted by atomic mass is 16.5. The number of rotatable bonds is 5. The topological polar surface area (TPSA) is 50.7 Å². The molecule has 2 N–H and O–H groups in total. The highest BCUT2D eigenvalue weighted by Gasteiger charge is 2.47. The minimum Gasteiger partial charge on any atom is -0.508 e. The number of nitrogens with one attached hydrogen (secondary N) is 1. The summed E-state index contributed by atoms with van der Waals surface area (Å²) in [7, 11) is 3.93. The number of benzene rings is 1. The van der Waals surface area contributed by atoms with Crippen LogP contribution in [0.4, 0.5) is 0 Å². The van der Waals surface area contributed by atoms with Crippen molar-refractivity contribution in [2.75, 3.05) is 33.9 Å². The van der Waals surface area contributed by atoms with Gasteiger partial charge in [0.25, 0.3) is 0 Å². The number of quaternary nitrogens is 1. The maximum atomic E-state index is 9.88. The molecule has 0 amide bonds. The van der Waals surface area contributed by atoms with E-state index in [-0.39, 0.29) is 11.8 Å². The van der Waals surface area contributed by atoms with E-state index < -0.39 is 0 Å². The maximum Gasteiger partial charge on any atom is 0.148 e. The van der Waals surface area contributed by atoms with E-state index in [1.54, 1.807) is 13.3 Å². The zero-order chi connectivity index (χ0) is 24.8. The van der Waals surface area contributed by atoms with Crippen molar-refractivity contribution in [1.29, 1.82) is 0 Å². The third-order valence-corrected chi connectivity index (χ3v) is 5.73. The Hall–Kier alpha value is -2.92. The van der Waals surface area contributed by atoms with Gasteiger partial charge < -0.3 is 19.9 Å². The summed E-state index contributed by atoms with van der Waals surface area (Å²) in [6, 6.07) is 6.16. The summed E-state index contributed by atoms with van der Waals surface area (Å²) in [4.78, 5) is 0. The van der Waals surface area contributed by atoms with E-state index in [4.69, 9.17) is 9.47 Å². The van der Waals surface area contributed by atoms with Gasteiger partial charge in [-0.2, -0.15) is 0 Å². The second kappa shape index (κ2) is 11.3. The predicted octanol–water partition coefficient (Wildman–Crippen LogP) is 6.20. The molecule has 2 atom stereocenters. The second-order valence-corrected chi connectivity index (χ2v) is 9.37. The van der Waals surface area contributed by atoms with Gasteiger partial charge in [-0.3, -0.25) is 4.48 Å². The molecule has 180 valence electrons. The Morgan fingerprint density at radius 1 is 1.30 bits per heavy atom. The van der Waals surface area contributed by atoms with Gasteiger partial charge in [-0.1, -0.05) is 33.9 Å². The fourth-order valence-corrected chi connectivity index (χ4v) is 4.16. The first kappa shape index (κ1) is 26.3. The molecule has 0 spiro atoms. The van der Waals surface area contributed by atoms with Crippen LogP contribution in [0.15, 0.2) is 77.9 Å². The van der Waals surface area contributed by atoms with Crippen LogP contribution in [0.5, 0.6) is 11.5 Å². The highest BCUT2D eigenvalue weighted by Crippen LogP contribution is 2.49. The van der Waals surface area contributed by atoms with Crippen molar-refractivity contribution < 1.29 is 19.1 Å². The van der Waals surface area contributed by atoms with Crippen molar-refractivity contribution in [2.24, 2.45) is 5.92 Å². The average Bonchev–Trinajstić information content (AvgIpc) is 2.72. The van der Waals surface area contributed by atoms with Crippen LogP contribution in [0.3, 0.4) is 0 Å². The molecule has 5 heteroatoms. The van der Waals surface area contributed by atoms with E-state index in [0.29, 0.717) is 12.2 Å². The number of fused-ring (bicyclic) bond motifs is 1. The van der Waals surface area contributed by atoms with Gasteiger partial charge in [-0.15, -0.1) is 0 Å². The van der Waals surface area contributed by atoms with E-state index in [0.717, 1.165) is 51.7 Å². The van der Waals surface area contributed by atoms with Crippen molar-refractivity contribution >= 4 is 0 Å². The van der Waals surface area contributed by atoms with Crippen LogP contribution in [-0.4, -0.2) is 43.4 Å². The Balaban J connectivity index is 0.000000890. The van der Waals surface area contributed by atoms with Crippen LogP contribution >= 0.6 is 0 Å². The molecule has 2 aliphatic rings. The van der Waals surface area contributed by atoms with Crippen molar-refractivity contribution in [3.63, 3.8) is 0 Å².